The van der Waals surface area contributed by atoms with Gasteiger partial charge in [-0.15, -0.1) is 0 Å². The zero-order valence-electron chi connectivity index (χ0n) is 6.05. The van der Waals surface area contributed by atoms with Crippen molar-refractivity contribution in [3.8, 4) is 0 Å². The molecule has 0 saturated carbocycles. The number of aliphatic hydroxyl groups is 1. The van der Waals surface area contributed by atoms with Crippen LogP contribution in [-0.4, -0.2) is 29.4 Å². The van der Waals surface area contributed by atoms with Gasteiger partial charge in [0.15, 0.2) is 0 Å². The predicted molar refractivity (Wildman–Crippen MR) is 35.4 cm³/mol. The first-order valence-corrected chi connectivity index (χ1v) is 2.91. The molecule has 0 heterocycles. The number of hydrogen-bond acceptors (Lipinski definition) is 3. The van der Waals surface area contributed by atoms with Gasteiger partial charge in [-0.25, -0.2) is 0 Å². The van der Waals surface area contributed by atoms with Crippen molar-refractivity contribution in [2.75, 3.05) is 6.54 Å². The van der Waals surface area contributed by atoms with Gasteiger partial charge in [0.2, 0.25) is 6.29 Å². The van der Waals surface area contributed by atoms with Gasteiger partial charge < -0.3 is 10.4 Å². The van der Waals surface area contributed by atoms with Crippen LogP contribution in [-0.2, 0) is 9.59 Å². The normalized spacial score (nSPS) is 10.7. The third-order valence-corrected chi connectivity index (χ3v) is 0.802. The number of hydrogen-bond donors (Lipinski definition) is 2. The fourth-order valence-electron chi connectivity index (χ4n) is 0.345. The Morgan fingerprint density at radius 1 is 1.70 bits per heavy atom. The second-order valence-corrected chi connectivity index (χ2v) is 2.65. The van der Waals surface area contributed by atoms with Crippen molar-refractivity contribution in [1.29, 1.82) is 0 Å². The molecule has 4 heteroatoms. The van der Waals surface area contributed by atoms with Crippen molar-refractivity contribution in [2.45, 2.75) is 19.4 Å². The van der Waals surface area contributed by atoms with Gasteiger partial charge in [0, 0.05) is 6.54 Å². The summed E-state index contributed by atoms with van der Waals surface area (Å²) in [5, 5.41) is 11.2. The van der Waals surface area contributed by atoms with Crippen LogP contribution in [0.25, 0.3) is 0 Å². The van der Waals surface area contributed by atoms with Crippen LogP contribution in [0.15, 0.2) is 0 Å². The van der Waals surface area contributed by atoms with Gasteiger partial charge >= 0.3 is 0 Å². The topological polar surface area (TPSA) is 66.4 Å². The highest BCUT2D eigenvalue weighted by molar-refractivity contribution is 6.23. The summed E-state index contributed by atoms with van der Waals surface area (Å²) in [5.41, 5.74) is -0.960. The lowest BCUT2D eigenvalue weighted by Gasteiger charge is -2.15. The van der Waals surface area contributed by atoms with E-state index in [9.17, 15) is 9.59 Å². The fourth-order valence-corrected chi connectivity index (χ4v) is 0.345. The molecular weight excluding hydrogens is 134 g/mol. The lowest BCUT2D eigenvalue weighted by molar-refractivity contribution is -0.131. The summed E-state index contributed by atoms with van der Waals surface area (Å²) < 4.78 is 0. The number of carbonyl (C=O) groups excluding carboxylic acids is 2. The summed E-state index contributed by atoms with van der Waals surface area (Å²) in [6.07, 6.45) is 0.172. The second-order valence-electron chi connectivity index (χ2n) is 2.65. The molecule has 0 aliphatic heterocycles. The monoisotopic (exact) mass is 145 g/mol. The van der Waals surface area contributed by atoms with E-state index in [2.05, 4.69) is 5.32 Å². The first-order valence-electron chi connectivity index (χ1n) is 2.91. The van der Waals surface area contributed by atoms with Gasteiger partial charge in [-0.05, 0) is 13.8 Å². The Kier molecular flexibility index (Phi) is 3.02. The van der Waals surface area contributed by atoms with Gasteiger partial charge in [0.25, 0.3) is 5.91 Å². The van der Waals surface area contributed by atoms with E-state index in [1.807, 2.05) is 0 Å². The van der Waals surface area contributed by atoms with E-state index >= 15 is 0 Å². The Bertz CT molecular complexity index is 136. The third kappa shape index (κ3) is 5.24. The van der Waals surface area contributed by atoms with Crippen molar-refractivity contribution >= 4 is 12.2 Å². The van der Waals surface area contributed by atoms with Crippen LogP contribution in [0.1, 0.15) is 13.8 Å². The molecule has 0 fully saturated rings. The van der Waals surface area contributed by atoms with Crippen LogP contribution in [0.3, 0.4) is 0 Å². The molecule has 10 heavy (non-hydrogen) atoms. The Morgan fingerprint density at radius 3 is 2.50 bits per heavy atom. The first kappa shape index (κ1) is 9.10. The Labute approximate surface area is 59.2 Å². The molecule has 4 nitrogen and oxygen atoms in total. The summed E-state index contributed by atoms with van der Waals surface area (Å²) in [6, 6.07) is 0. The third-order valence-electron chi connectivity index (χ3n) is 0.802. The van der Waals surface area contributed by atoms with Gasteiger partial charge in [0.05, 0.1) is 5.60 Å². The summed E-state index contributed by atoms with van der Waals surface area (Å²) in [6.45, 7) is 3.17. The Hall–Kier alpha value is -0.900. The number of carbonyl (C=O) groups is 2. The van der Waals surface area contributed by atoms with E-state index in [1.165, 1.54) is 13.8 Å². The van der Waals surface area contributed by atoms with Crippen molar-refractivity contribution in [3.63, 3.8) is 0 Å². The SMILES string of the molecule is CC(C)(O)CNC(=O)C=O. The number of nitrogens with one attached hydrogen (secondary N) is 1. The zero-order chi connectivity index (χ0) is 8.20. The highest BCUT2D eigenvalue weighted by Gasteiger charge is 2.12. The maximum absolute atomic E-state index is 10.3. The average Bonchev–Trinajstić information content (AvgIpc) is 1.81. The number of aldehydes is 1. The van der Waals surface area contributed by atoms with Crippen LogP contribution < -0.4 is 5.32 Å². The standard InChI is InChI=1S/C6H11NO3/c1-6(2,10)4-7-5(9)3-8/h3,10H,4H2,1-2H3,(H,7,9). The van der Waals surface area contributed by atoms with Crippen LogP contribution in [0.5, 0.6) is 0 Å². The molecule has 0 spiro atoms. The van der Waals surface area contributed by atoms with E-state index in [0.29, 0.717) is 0 Å². The van der Waals surface area contributed by atoms with Crippen molar-refractivity contribution in [1.82, 2.24) is 5.32 Å². The van der Waals surface area contributed by atoms with Crippen molar-refractivity contribution < 1.29 is 14.7 Å². The molecule has 58 valence electrons. The molecule has 0 bridgehead atoms. The molecule has 0 saturated heterocycles. The van der Waals surface area contributed by atoms with E-state index in [4.69, 9.17) is 5.11 Å². The van der Waals surface area contributed by atoms with Gasteiger partial charge in [-0.3, -0.25) is 9.59 Å². The number of amides is 1. The molecule has 0 aliphatic rings. The minimum Gasteiger partial charge on any atom is -0.389 e. The summed E-state index contributed by atoms with van der Waals surface area (Å²) in [5.74, 6) is -0.706. The predicted octanol–water partition coefficient (Wildman–Crippen LogP) is -0.928. The molecule has 0 aromatic heterocycles. The lowest BCUT2D eigenvalue weighted by Crippen LogP contribution is -2.38. The van der Waals surface area contributed by atoms with Crippen LogP contribution in [0.2, 0.25) is 0 Å². The Morgan fingerprint density at radius 2 is 2.20 bits per heavy atom. The summed E-state index contributed by atoms with van der Waals surface area (Å²) in [4.78, 5) is 20.0. The largest absolute Gasteiger partial charge is 0.389 e. The molecule has 0 aromatic carbocycles. The highest BCUT2D eigenvalue weighted by atomic mass is 16.3. The lowest BCUT2D eigenvalue weighted by atomic mass is 10.1. The van der Waals surface area contributed by atoms with E-state index < -0.39 is 11.5 Å². The van der Waals surface area contributed by atoms with Gasteiger partial charge in [0.1, 0.15) is 0 Å². The summed E-state index contributed by atoms with van der Waals surface area (Å²) >= 11 is 0. The van der Waals surface area contributed by atoms with Crippen LogP contribution >= 0.6 is 0 Å². The second kappa shape index (κ2) is 3.31. The minimum absolute atomic E-state index is 0.0879. The van der Waals surface area contributed by atoms with E-state index in [0.717, 1.165) is 0 Å². The molecule has 2 N–H and O–H groups in total. The first-order chi connectivity index (χ1) is 4.45. The zero-order valence-corrected chi connectivity index (χ0v) is 6.05. The maximum Gasteiger partial charge on any atom is 0.284 e. The number of rotatable bonds is 3. The fraction of sp³-hybridized carbons (Fsp3) is 0.667. The van der Waals surface area contributed by atoms with Crippen molar-refractivity contribution in [3.05, 3.63) is 0 Å². The molecule has 0 radical (unpaired) electrons. The molecule has 0 rings (SSSR count). The average molecular weight is 145 g/mol. The molecule has 0 unspecified atom stereocenters. The Balaban J connectivity index is 3.55. The quantitative estimate of drug-likeness (QED) is 0.398. The maximum atomic E-state index is 10.3. The van der Waals surface area contributed by atoms with E-state index in [-0.39, 0.29) is 12.8 Å². The van der Waals surface area contributed by atoms with Gasteiger partial charge in [-0.1, -0.05) is 0 Å². The molecule has 0 aliphatic carbocycles. The molecule has 0 atom stereocenters. The van der Waals surface area contributed by atoms with Gasteiger partial charge in [-0.2, -0.15) is 0 Å². The molecule has 1 amide bonds. The molecule has 0 aromatic rings. The van der Waals surface area contributed by atoms with Crippen LogP contribution in [0, 0.1) is 0 Å². The smallest absolute Gasteiger partial charge is 0.284 e. The highest BCUT2D eigenvalue weighted by Crippen LogP contribution is 1.96. The van der Waals surface area contributed by atoms with Crippen LogP contribution in [0.4, 0.5) is 0 Å². The van der Waals surface area contributed by atoms with E-state index in [1.54, 1.807) is 0 Å². The van der Waals surface area contributed by atoms with Crippen molar-refractivity contribution in [2.24, 2.45) is 0 Å². The summed E-state index contributed by atoms with van der Waals surface area (Å²) in [7, 11) is 0. The minimum atomic E-state index is -0.960. The molecular formula is C6H11NO3.